The summed E-state index contributed by atoms with van der Waals surface area (Å²) in [6, 6.07) is 7.80. The van der Waals surface area contributed by atoms with Crippen molar-refractivity contribution in [3.63, 3.8) is 0 Å². The van der Waals surface area contributed by atoms with Crippen LogP contribution in [-0.4, -0.2) is 49.6 Å². The van der Waals surface area contributed by atoms with Gasteiger partial charge in [-0.25, -0.2) is 4.99 Å². The van der Waals surface area contributed by atoms with Crippen LogP contribution in [0.25, 0.3) is 0 Å². The van der Waals surface area contributed by atoms with Gasteiger partial charge in [0.25, 0.3) is 0 Å². The molecule has 3 N–H and O–H groups in total. The van der Waals surface area contributed by atoms with E-state index in [1.807, 2.05) is 31.2 Å². The molecule has 1 heterocycles. The van der Waals surface area contributed by atoms with Crippen LogP contribution in [0.15, 0.2) is 29.3 Å². The molecule has 1 saturated heterocycles. The van der Waals surface area contributed by atoms with Crippen molar-refractivity contribution in [2.45, 2.75) is 6.92 Å². The summed E-state index contributed by atoms with van der Waals surface area (Å²) in [6.07, 6.45) is 0. The molecule has 1 amide bonds. The van der Waals surface area contributed by atoms with Gasteiger partial charge in [0.1, 0.15) is 6.54 Å². The van der Waals surface area contributed by atoms with E-state index in [9.17, 15) is 4.79 Å². The Labute approximate surface area is 141 Å². The molecule has 6 nitrogen and oxygen atoms in total. The number of hydrogen-bond acceptors (Lipinski definition) is 3. The number of morpholine rings is 1. The topological polar surface area (TPSA) is 79.9 Å². The lowest BCUT2D eigenvalue weighted by Gasteiger charge is -2.26. The van der Waals surface area contributed by atoms with E-state index < -0.39 is 0 Å². The first-order chi connectivity index (χ1) is 9.65. The van der Waals surface area contributed by atoms with E-state index in [4.69, 9.17) is 10.5 Å². The molecule has 0 spiro atoms. The SMILES string of the molecule is Cc1cccc(NC(N)=NCC(=O)N2CCOCC2)c1.I. The fourth-order valence-electron chi connectivity index (χ4n) is 1.98. The summed E-state index contributed by atoms with van der Waals surface area (Å²) in [5.74, 6) is 0.222. The Kier molecular flexibility index (Phi) is 7.44. The second-order valence-electron chi connectivity index (χ2n) is 4.69. The highest BCUT2D eigenvalue weighted by atomic mass is 127. The molecule has 7 heteroatoms. The summed E-state index contributed by atoms with van der Waals surface area (Å²) in [5.41, 5.74) is 7.77. The molecule has 116 valence electrons. The zero-order chi connectivity index (χ0) is 14.4. The molecule has 0 atom stereocenters. The number of guanidine groups is 1. The van der Waals surface area contributed by atoms with E-state index in [-0.39, 0.29) is 42.4 Å². The molecule has 0 saturated carbocycles. The second kappa shape index (κ2) is 8.83. The lowest BCUT2D eigenvalue weighted by Crippen LogP contribution is -2.42. The summed E-state index contributed by atoms with van der Waals surface area (Å²) in [6.45, 7) is 4.49. The minimum Gasteiger partial charge on any atom is -0.378 e. The maximum atomic E-state index is 11.9. The normalized spacial score (nSPS) is 15.3. The predicted molar refractivity (Wildman–Crippen MR) is 94.1 cm³/mol. The Balaban J connectivity index is 0.00000220. The molecule has 0 bridgehead atoms. The highest BCUT2D eigenvalue weighted by molar-refractivity contribution is 14.0. The molecular formula is C14H21IN4O2. The van der Waals surface area contributed by atoms with Crippen LogP contribution in [-0.2, 0) is 9.53 Å². The van der Waals surface area contributed by atoms with Crippen LogP contribution < -0.4 is 11.1 Å². The lowest BCUT2D eigenvalue weighted by molar-refractivity contribution is -0.133. The van der Waals surface area contributed by atoms with Gasteiger partial charge in [0.15, 0.2) is 5.96 Å². The first-order valence-corrected chi connectivity index (χ1v) is 6.64. The molecule has 0 aromatic heterocycles. The zero-order valence-corrected chi connectivity index (χ0v) is 14.4. The number of aryl methyl sites for hydroxylation is 1. The van der Waals surface area contributed by atoms with Crippen LogP contribution in [0.4, 0.5) is 5.69 Å². The number of anilines is 1. The average Bonchev–Trinajstić information content (AvgIpc) is 2.46. The Bertz CT molecular complexity index is 502. The van der Waals surface area contributed by atoms with Crippen molar-refractivity contribution in [3.8, 4) is 0 Å². The fourth-order valence-corrected chi connectivity index (χ4v) is 1.98. The molecule has 1 aliphatic rings. The first-order valence-electron chi connectivity index (χ1n) is 6.64. The van der Waals surface area contributed by atoms with E-state index in [1.165, 1.54) is 0 Å². The highest BCUT2D eigenvalue weighted by Crippen LogP contribution is 2.08. The third kappa shape index (κ3) is 5.88. The Morgan fingerprint density at radius 3 is 2.81 bits per heavy atom. The van der Waals surface area contributed by atoms with Crippen LogP contribution in [0.1, 0.15) is 5.56 Å². The number of aliphatic imine (C=N–C) groups is 1. The van der Waals surface area contributed by atoms with Gasteiger partial charge in [-0.3, -0.25) is 4.79 Å². The highest BCUT2D eigenvalue weighted by Gasteiger charge is 2.15. The quantitative estimate of drug-likeness (QED) is 0.451. The fraction of sp³-hybridized carbons (Fsp3) is 0.429. The molecule has 21 heavy (non-hydrogen) atoms. The standard InChI is InChI=1S/C14H20N4O2.HI/c1-11-3-2-4-12(9-11)17-14(15)16-10-13(19)18-5-7-20-8-6-18;/h2-4,9H,5-8,10H2,1H3,(H3,15,16,17);1H. The third-order valence-electron chi connectivity index (χ3n) is 3.04. The number of carbonyl (C=O) groups is 1. The molecule has 0 radical (unpaired) electrons. The van der Waals surface area contributed by atoms with Crippen molar-refractivity contribution in [2.24, 2.45) is 10.7 Å². The molecular weight excluding hydrogens is 383 g/mol. The molecule has 1 aromatic rings. The number of nitrogens with zero attached hydrogens (tertiary/aromatic N) is 2. The van der Waals surface area contributed by atoms with Gasteiger partial charge >= 0.3 is 0 Å². The van der Waals surface area contributed by atoms with Gasteiger partial charge in [-0.2, -0.15) is 0 Å². The van der Waals surface area contributed by atoms with Crippen molar-refractivity contribution in [2.75, 3.05) is 38.2 Å². The van der Waals surface area contributed by atoms with Crippen LogP contribution in [0, 0.1) is 6.92 Å². The third-order valence-corrected chi connectivity index (χ3v) is 3.04. The van der Waals surface area contributed by atoms with Crippen LogP contribution in [0.3, 0.4) is 0 Å². The molecule has 1 aliphatic heterocycles. The largest absolute Gasteiger partial charge is 0.378 e. The van der Waals surface area contributed by atoms with Gasteiger partial charge in [0, 0.05) is 18.8 Å². The summed E-state index contributed by atoms with van der Waals surface area (Å²) < 4.78 is 5.20. The van der Waals surface area contributed by atoms with Crippen LogP contribution in [0.2, 0.25) is 0 Å². The molecule has 0 unspecified atom stereocenters. The number of halogens is 1. The summed E-state index contributed by atoms with van der Waals surface area (Å²) in [7, 11) is 0. The Hall–Kier alpha value is -1.35. The minimum atomic E-state index is -0.0257. The van der Waals surface area contributed by atoms with Crippen molar-refractivity contribution in [1.29, 1.82) is 0 Å². The molecule has 1 aromatic carbocycles. The smallest absolute Gasteiger partial charge is 0.244 e. The number of nitrogens with two attached hydrogens (primary N) is 1. The number of ether oxygens (including phenoxy) is 1. The molecule has 0 aliphatic carbocycles. The van der Waals surface area contributed by atoms with E-state index >= 15 is 0 Å². The van der Waals surface area contributed by atoms with Crippen molar-refractivity contribution >= 4 is 41.5 Å². The summed E-state index contributed by atoms with van der Waals surface area (Å²) in [5, 5.41) is 2.97. The van der Waals surface area contributed by atoms with E-state index in [0.29, 0.717) is 26.3 Å². The number of benzene rings is 1. The predicted octanol–water partition coefficient (Wildman–Crippen LogP) is 1.20. The maximum Gasteiger partial charge on any atom is 0.244 e. The monoisotopic (exact) mass is 404 g/mol. The molecule has 2 rings (SSSR count). The maximum absolute atomic E-state index is 11.9. The van der Waals surface area contributed by atoms with Gasteiger partial charge in [-0.05, 0) is 24.6 Å². The molecule has 1 fully saturated rings. The van der Waals surface area contributed by atoms with Gasteiger partial charge in [0.05, 0.1) is 13.2 Å². The van der Waals surface area contributed by atoms with Crippen molar-refractivity contribution in [3.05, 3.63) is 29.8 Å². The summed E-state index contributed by atoms with van der Waals surface area (Å²) in [4.78, 5) is 17.7. The minimum absolute atomic E-state index is 0. The van der Waals surface area contributed by atoms with Crippen molar-refractivity contribution in [1.82, 2.24) is 4.90 Å². The number of hydrogen-bond donors (Lipinski definition) is 2. The van der Waals surface area contributed by atoms with E-state index in [2.05, 4.69) is 10.3 Å². The van der Waals surface area contributed by atoms with Gasteiger partial charge in [-0.1, -0.05) is 12.1 Å². The first kappa shape index (κ1) is 17.7. The van der Waals surface area contributed by atoms with Crippen molar-refractivity contribution < 1.29 is 9.53 Å². The van der Waals surface area contributed by atoms with E-state index in [0.717, 1.165) is 11.3 Å². The van der Waals surface area contributed by atoms with Gasteiger partial charge in [0.2, 0.25) is 5.91 Å². The Morgan fingerprint density at radius 2 is 2.14 bits per heavy atom. The number of rotatable bonds is 3. The van der Waals surface area contributed by atoms with Gasteiger partial charge < -0.3 is 20.7 Å². The number of carbonyl (C=O) groups excluding carboxylic acids is 1. The lowest BCUT2D eigenvalue weighted by atomic mass is 10.2. The van der Waals surface area contributed by atoms with Crippen LogP contribution in [0.5, 0.6) is 0 Å². The van der Waals surface area contributed by atoms with E-state index in [1.54, 1.807) is 4.90 Å². The number of nitrogens with one attached hydrogen (secondary N) is 1. The van der Waals surface area contributed by atoms with Crippen LogP contribution >= 0.6 is 24.0 Å². The number of amides is 1. The van der Waals surface area contributed by atoms with Gasteiger partial charge in [-0.15, -0.1) is 24.0 Å². The Morgan fingerprint density at radius 1 is 1.43 bits per heavy atom. The second-order valence-corrected chi connectivity index (χ2v) is 4.69. The average molecular weight is 404 g/mol. The zero-order valence-electron chi connectivity index (χ0n) is 12.0. The summed E-state index contributed by atoms with van der Waals surface area (Å²) >= 11 is 0.